The van der Waals surface area contributed by atoms with Crippen molar-refractivity contribution in [3.63, 3.8) is 0 Å². The Morgan fingerprint density at radius 2 is 1.68 bits per heavy atom. The third-order valence-electron chi connectivity index (χ3n) is 5.39. The first-order valence-corrected chi connectivity index (χ1v) is 10.6. The van der Waals surface area contributed by atoms with Gasteiger partial charge in [0.15, 0.2) is 0 Å². The van der Waals surface area contributed by atoms with Crippen LogP contribution in [0.25, 0.3) is 10.8 Å². The van der Waals surface area contributed by atoms with Crippen molar-refractivity contribution >= 4 is 16.7 Å². The number of carboxylic acids is 1. The summed E-state index contributed by atoms with van der Waals surface area (Å²) in [5.74, 6) is 0.845. The Morgan fingerprint density at radius 1 is 0.968 bits per heavy atom. The minimum Gasteiger partial charge on any atom is -0.490 e. The van der Waals surface area contributed by atoms with Gasteiger partial charge >= 0.3 is 5.97 Å². The summed E-state index contributed by atoms with van der Waals surface area (Å²) in [7, 11) is 0. The molecule has 0 saturated carbocycles. The minimum absolute atomic E-state index is 0.0483. The van der Waals surface area contributed by atoms with Gasteiger partial charge in [-0.15, -0.1) is 0 Å². The summed E-state index contributed by atoms with van der Waals surface area (Å²) in [4.78, 5) is 12.9. The van der Waals surface area contributed by atoms with E-state index >= 15 is 0 Å². The Morgan fingerprint density at radius 3 is 2.45 bits per heavy atom. The number of carbonyl (C=O) groups is 1. The van der Waals surface area contributed by atoms with Crippen LogP contribution in [0.4, 0.5) is 0 Å². The second kappa shape index (κ2) is 10.3. The van der Waals surface area contributed by atoms with Crippen molar-refractivity contribution in [2.45, 2.75) is 12.5 Å². The summed E-state index contributed by atoms with van der Waals surface area (Å²) < 4.78 is 17.5. The number of hydrogen-bond acceptors (Lipinski definition) is 5. The number of carboxylic acid groups (broad SMARTS) is 1. The molecule has 1 aliphatic heterocycles. The Kier molecular flexibility index (Phi) is 7.02. The molecule has 3 aromatic carbocycles. The summed E-state index contributed by atoms with van der Waals surface area (Å²) in [6, 6.07) is 22.1. The van der Waals surface area contributed by atoms with Gasteiger partial charge in [-0.25, -0.2) is 0 Å². The molecule has 0 aliphatic carbocycles. The molecule has 6 nitrogen and oxygen atoms in total. The van der Waals surface area contributed by atoms with Gasteiger partial charge in [-0.1, -0.05) is 42.5 Å². The summed E-state index contributed by atoms with van der Waals surface area (Å²) in [5, 5.41) is 11.2. The smallest absolute Gasteiger partial charge is 0.304 e. The maximum Gasteiger partial charge on any atom is 0.304 e. The first-order chi connectivity index (χ1) is 15.2. The second-order valence-electron chi connectivity index (χ2n) is 7.58. The lowest BCUT2D eigenvalue weighted by atomic mass is 10.1. The van der Waals surface area contributed by atoms with Crippen LogP contribution in [-0.2, 0) is 9.53 Å². The fourth-order valence-electron chi connectivity index (χ4n) is 3.72. The molecule has 1 unspecified atom stereocenters. The zero-order valence-corrected chi connectivity index (χ0v) is 17.4. The molecule has 1 N–H and O–H groups in total. The highest BCUT2D eigenvalue weighted by Crippen LogP contribution is 2.25. The highest BCUT2D eigenvalue weighted by molar-refractivity contribution is 5.83. The molecule has 4 rings (SSSR count). The predicted molar refractivity (Wildman–Crippen MR) is 119 cm³/mol. The SMILES string of the molecule is O=C(O)CCN1CCOC(c2ccc(OCCOc3ccc4ccccc4c3)cc2)C1. The molecular formula is C25H27NO5. The lowest BCUT2D eigenvalue weighted by Crippen LogP contribution is -2.39. The van der Waals surface area contributed by atoms with E-state index in [1.54, 1.807) is 0 Å². The Balaban J connectivity index is 1.23. The van der Waals surface area contributed by atoms with Crippen LogP contribution in [-0.4, -0.2) is 55.4 Å². The number of nitrogens with zero attached hydrogens (tertiary/aromatic N) is 1. The fourth-order valence-corrected chi connectivity index (χ4v) is 3.72. The predicted octanol–water partition coefficient (Wildman–Crippen LogP) is 4.15. The molecule has 162 valence electrons. The number of hydrogen-bond donors (Lipinski definition) is 1. The van der Waals surface area contributed by atoms with Crippen molar-refractivity contribution in [3.8, 4) is 11.5 Å². The van der Waals surface area contributed by atoms with Gasteiger partial charge in [-0.05, 0) is 40.6 Å². The maximum atomic E-state index is 10.8. The van der Waals surface area contributed by atoms with E-state index < -0.39 is 5.97 Å². The third kappa shape index (κ3) is 5.96. The average molecular weight is 421 g/mol. The minimum atomic E-state index is -0.769. The van der Waals surface area contributed by atoms with Crippen LogP contribution in [0.2, 0.25) is 0 Å². The zero-order valence-electron chi connectivity index (χ0n) is 17.4. The van der Waals surface area contributed by atoms with Crippen LogP contribution < -0.4 is 9.47 Å². The first-order valence-electron chi connectivity index (χ1n) is 10.6. The van der Waals surface area contributed by atoms with Crippen LogP contribution in [0, 0.1) is 0 Å². The van der Waals surface area contributed by atoms with E-state index in [0.29, 0.717) is 32.9 Å². The van der Waals surface area contributed by atoms with Crippen molar-refractivity contribution in [1.29, 1.82) is 0 Å². The molecule has 1 atom stereocenters. The number of fused-ring (bicyclic) bond motifs is 1. The van der Waals surface area contributed by atoms with Crippen LogP contribution in [0.15, 0.2) is 66.7 Å². The average Bonchev–Trinajstić information content (AvgIpc) is 2.81. The topological polar surface area (TPSA) is 68.2 Å². The van der Waals surface area contributed by atoms with Gasteiger partial charge in [0, 0.05) is 19.6 Å². The van der Waals surface area contributed by atoms with E-state index in [2.05, 4.69) is 23.1 Å². The molecule has 0 spiro atoms. The first kappa shape index (κ1) is 21.2. The summed E-state index contributed by atoms with van der Waals surface area (Å²) in [6.45, 7) is 3.54. The lowest BCUT2D eigenvalue weighted by Gasteiger charge is -2.32. The van der Waals surface area contributed by atoms with Gasteiger partial charge in [0.1, 0.15) is 24.7 Å². The number of ether oxygens (including phenoxy) is 3. The van der Waals surface area contributed by atoms with Crippen molar-refractivity contribution < 1.29 is 24.1 Å². The van der Waals surface area contributed by atoms with Gasteiger partial charge in [-0.3, -0.25) is 9.69 Å². The Labute approximate surface area is 182 Å². The molecule has 6 heteroatoms. The molecule has 3 aromatic rings. The molecular weight excluding hydrogens is 394 g/mol. The van der Waals surface area contributed by atoms with Crippen molar-refractivity contribution in [3.05, 3.63) is 72.3 Å². The second-order valence-corrected chi connectivity index (χ2v) is 7.58. The molecule has 1 fully saturated rings. The van der Waals surface area contributed by atoms with Crippen molar-refractivity contribution in [2.24, 2.45) is 0 Å². The van der Waals surface area contributed by atoms with Crippen LogP contribution >= 0.6 is 0 Å². The van der Waals surface area contributed by atoms with Crippen molar-refractivity contribution in [2.75, 3.05) is 39.5 Å². The monoisotopic (exact) mass is 421 g/mol. The van der Waals surface area contributed by atoms with Gasteiger partial charge in [0.25, 0.3) is 0 Å². The summed E-state index contributed by atoms with van der Waals surface area (Å²) in [5.41, 5.74) is 1.07. The van der Waals surface area contributed by atoms with E-state index in [1.165, 1.54) is 5.39 Å². The Bertz CT molecular complexity index is 1000. The lowest BCUT2D eigenvalue weighted by molar-refractivity contribution is -0.137. The summed E-state index contributed by atoms with van der Waals surface area (Å²) >= 11 is 0. The van der Waals surface area contributed by atoms with E-state index in [-0.39, 0.29) is 12.5 Å². The molecule has 1 saturated heterocycles. The molecule has 0 radical (unpaired) electrons. The molecule has 1 aliphatic rings. The van der Waals surface area contributed by atoms with Gasteiger partial charge in [0.05, 0.1) is 19.1 Å². The number of rotatable bonds is 9. The van der Waals surface area contributed by atoms with Gasteiger partial charge in [0.2, 0.25) is 0 Å². The van der Waals surface area contributed by atoms with Crippen LogP contribution in [0.3, 0.4) is 0 Å². The van der Waals surface area contributed by atoms with E-state index in [1.807, 2.05) is 48.5 Å². The summed E-state index contributed by atoms with van der Waals surface area (Å²) in [6.07, 6.45) is 0.105. The van der Waals surface area contributed by atoms with Gasteiger partial charge in [-0.2, -0.15) is 0 Å². The largest absolute Gasteiger partial charge is 0.490 e. The fraction of sp³-hybridized carbons (Fsp3) is 0.320. The highest BCUT2D eigenvalue weighted by atomic mass is 16.5. The molecule has 0 bridgehead atoms. The quantitative estimate of drug-likeness (QED) is 0.524. The number of morpholine rings is 1. The van der Waals surface area contributed by atoms with E-state index in [0.717, 1.165) is 29.0 Å². The van der Waals surface area contributed by atoms with Crippen LogP contribution in [0.5, 0.6) is 11.5 Å². The zero-order chi connectivity index (χ0) is 21.5. The Hall–Kier alpha value is -3.09. The molecule has 1 heterocycles. The standard InChI is InChI=1S/C25H27NO5/c27-25(28)11-12-26-13-14-31-24(18-26)20-6-8-22(9-7-20)29-15-16-30-23-10-5-19-3-1-2-4-21(19)17-23/h1-10,17,24H,11-16,18H2,(H,27,28). The third-order valence-corrected chi connectivity index (χ3v) is 5.39. The van der Waals surface area contributed by atoms with Crippen LogP contribution in [0.1, 0.15) is 18.1 Å². The number of benzene rings is 3. The van der Waals surface area contributed by atoms with E-state index in [9.17, 15) is 4.79 Å². The highest BCUT2D eigenvalue weighted by Gasteiger charge is 2.22. The molecule has 0 amide bonds. The molecule has 31 heavy (non-hydrogen) atoms. The molecule has 0 aromatic heterocycles. The normalized spacial score (nSPS) is 16.8. The number of aliphatic carboxylic acids is 1. The maximum absolute atomic E-state index is 10.8. The van der Waals surface area contributed by atoms with Crippen molar-refractivity contribution in [1.82, 2.24) is 4.90 Å². The van der Waals surface area contributed by atoms with Gasteiger partial charge < -0.3 is 19.3 Å². The van der Waals surface area contributed by atoms with E-state index in [4.69, 9.17) is 19.3 Å².